The third-order valence-electron chi connectivity index (χ3n) is 5.30. The number of carbonyl (C=O) groups is 3. The number of anilines is 2. The number of methoxy groups -OCH3 is 1. The largest absolute Gasteiger partial charge is 0.427 e. The smallest absolute Gasteiger partial charge is 0.308 e. The van der Waals surface area contributed by atoms with E-state index in [9.17, 15) is 19.2 Å². The average Bonchev–Trinajstić information content (AvgIpc) is 2.78. The molecule has 1 fully saturated rings. The van der Waals surface area contributed by atoms with Gasteiger partial charge in [-0.15, -0.1) is 0 Å². The van der Waals surface area contributed by atoms with Crippen LogP contribution < -0.4 is 26.7 Å². The molecule has 1 aromatic heterocycles. The topological polar surface area (TPSA) is 156 Å². The zero-order valence-electron chi connectivity index (χ0n) is 18.7. The molecule has 0 spiro atoms. The highest BCUT2D eigenvalue weighted by Crippen LogP contribution is 2.18. The number of nitrogens with one attached hydrogen (secondary N) is 3. The van der Waals surface area contributed by atoms with Crippen LogP contribution in [0.15, 0.2) is 35.1 Å². The predicted molar refractivity (Wildman–Crippen MR) is 126 cm³/mol. The molecular weight excluding hydrogens is 466 g/mol. The highest BCUT2D eigenvalue weighted by Gasteiger charge is 2.32. The zero-order valence-corrected chi connectivity index (χ0v) is 19.5. The molecule has 0 unspecified atom stereocenters. The van der Waals surface area contributed by atoms with Gasteiger partial charge in [0.25, 0.3) is 11.5 Å². The minimum Gasteiger partial charge on any atom is -0.427 e. The SMILES string of the molecule is CO[C@H]1CN(CC(=O)Nc2ccc(OC(C)=O)cc2)CC[C@H]1NC(=O)c1cc(Cl)c(N)[nH]c1=O. The summed E-state index contributed by atoms with van der Waals surface area (Å²) in [4.78, 5) is 52.4. The molecule has 2 heterocycles. The highest BCUT2D eigenvalue weighted by molar-refractivity contribution is 6.33. The van der Waals surface area contributed by atoms with Gasteiger partial charge in [-0.2, -0.15) is 0 Å². The first-order valence-electron chi connectivity index (χ1n) is 10.5. The van der Waals surface area contributed by atoms with Gasteiger partial charge < -0.3 is 30.8 Å². The highest BCUT2D eigenvalue weighted by atomic mass is 35.5. The van der Waals surface area contributed by atoms with Gasteiger partial charge in [0.15, 0.2) is 0 Å². The zero-order chi connectivity index (χ0) is 24.8. The number of piperidine rings is 1. The van der Waals surface area contributed by atoms with E-state index in [4.69, 9.17) is 26.8 Å². The van der Waals surface area contributed by atoms with Crippen LogP contribution in [0.2, 0.25) is 5.02 Å². The van der Waals surface area contributed by atoms with Crippen LogP contribution in [-0.2, 0) is 14.3 Å². The lowest BCUT2D eigenvalue weighted by molar-refractivity contribution is -0.131. The Morgan fingerprint density at radius 1 is 1.26 bits per heavy atom. The van der Waals surface area contributed by atoms with Crippen molar-refractivity contribution >= 4 is 40.9 Å². The number of pyridine rings is 1. The summed E-state index contributed by atoms with van der Waals surface area (Å²) >= 11 is 5.92. The Morgan fingerprint density at radius 2 is 1.97 bits per heavy atom. The standard InChI is InChI=1S/C22H26ClN5O6/c1-12(29)34-14-5-3-13(4-6-14)25-19(30)11-28-8-7-17(18(10-28)33-2)26-21(31)15-9-16(23)20(24)27-22(15)32/h3-6,9,17-18H,7-8,10-11H2,1-2H3,(H,25,30)(H,26,31)(H3,24,27,32)/t17-,18+/m1/s1. The van der Waals surface area contributed by atoms with Crippen LogP contribution >= 0.6 is 11.6 Å². The maximum Gasteiger partial charge on any atom is 0.308 e. The van der Waals surface area contributed by atoms with Crippen LogP contribution in [0.5, 0.6) is 5.75 Å². The van der Waals surface area contributed by atoms with Gasteiger partial charge in [0.05, 0.1) is 23.7 Å². The molecule has 2 atom stereocenters. The van der Waals surface area contributed by atoms with Crippen molar-refractivity contribution in [3.63, 3.8) is 0 Å². The van der Waals surface area contributed by atoms with Gasteiger partial charge in [-0.05, 0) is 36.8 Å². The van der Waals surface area contributed by atoms with Crippen molar-refractivity contribution in [1.29, 1.82) is 0 Å². The minimum absolute atomic E-state index is 0.00935. The van der Waals surface area contributed by atoms with Crippen LogP contribution in [0, 0.1) is 0 Å². The number of amides is 2. The monoisotopic (exact) mass is 491 g/mol. The molecule has 0 radical (unpaired) electrons. The quantitative estimate of drug-likeness (QED) is 0.330. The molecule has 1 saturated heterocycles. The fourth-order valence-electron chi connectivity index (χ4n) is 3.64. The lowest BCUT2D eigenvalue weighted by atomic mass is 10.0. The molecule has 182 valence electrons. The summed E-state index contributed by atoms with van der Waals surface area (Å²) in [6.07, 6.45) is 0.117. The number of rotatable bonds is 7. The lowest BCUT2D eigenvalue weighted by Gasteiger charge is -2.37. The van der Waals surface area contributed by atoms with Crippen molar-refractivity contribution in [3.05, 3.63) is 51.3 Å². The van der Waals surface area contributed by atoms with Crippen molar-refractivity contribution in [2.24, 2.45) is 0 Å². The van der Waals surface area contributed by atoms with Gasteiger partial charge >= 0.3 is 5.97 Å². The molecule has 2 aromatic rings. The Kier molecular flexibility index (Phi) is 8.26. The molecule has 3 rings (SSSR count). The summed E-state index contributed by atoms with van der Waals surface area (Å²) in [5.41, 5.74) is 5.34. The van der Waals surface area contributed by atoms with Crippen molar-refractivity contribution in [3.8, 4) is 5.75 Å². The molecule has 12 heteroatoms. The second-order valence-electron chi connectivity index (χ2n) is 7.82. The molecule has 34 heavy (non-hydrogen) atoms. The summed E-state index contributed by atoms with van der Waals surface area (Å²) in [6, 6.07) is 7.32. The Balaban J connectivity index is 1.54. The molecule has 2 amide bonds. The van der Waals surface area contributed by atoms with Crippen LogP contribution in [0.4, 0.5) is 11.5 Å². The molecule has 1 aromatic carbocycles. The van der Waals surface area contributed by atoms with E-state index in [0.717, 1.165) is 0 Å². The number of nitrogens with zero attached hydrogens (tertiary/aromatic N) is 1. The predicted octanol–water partition coefficient (Wildman–Crippen LogP) is 0.994. The number of carbonyl (C=O) groups excluding carboxylic acids is 3. The van der Waals surface area contributed by atoms with E-state index in [2.05, 4.69) is 15.6 Å². The first-order chi connectivity index (χ1) is 16.2. The van der Waals surface area contributed by atoms with Gasteiger partial charge in [0.1, 0.15) is 17.1 Å². The average molecular weight is 492 g/mol. The van der Waals surface area contributed by atoms with E-state index >= 15 is 0 Å². The van der Waals surface area contributed by atoms with Gasteiger partial charge in [0.2, 0.25) is 5.91 Å². The number of ether oxygens (including phenoxy) is 2. The summed E-state index contributed by atoms with van der Waals surface area (Å²) in [5.74, 6) is -0.849. The Hall–Kier alpha value is -3.41. The molecular formula is C22H26ClN5O6. The number of likely N-dealkylation sites (tertiary alicyclic amines) is 1. The number of nitrogen functional groups attached to an aromatic ring is 1. The van der Waals surface area contributed by atoms with Crippen LogP contribution in [0.25, 0.3) is 0 Å². The van der Waals surface area contributed by atoms with E-state index in [1.54, 1.807) is 24.3 Å². The van der Waals surface area contributed by atoms with E-state index in [0.29, 0.717) is 30.9 Å². The summed E-state index contributed by atoms with van der Waals surface area (Å²) < 4.78 is 10.5. The molecule has 11 nitrogen and oxygen atoms in total. The van der Waals surface area contributed by atoms with Crippen molar-refractivity contribution in [1.82, 2.24) is 15.2 Å². The van der Waals surface area contributed by atoms with Gasteiger partial charge in [-0.25, -0.2) is 0 Å². The van der Waals surface area contributed by atoms with Gasteiger partial charge in [-0.3, -0.25) is 24.1 Å². The summed E-state index contributed by atoms with van der Waals surface area (Å²) in [5, 5.41) is 5.68. The molecule has 0 aliphatic carbocycles. The van der Waals surface area contributed by atoms with Gasteiger partial charge in [-0.1, -0.05) is 11.6 Å². The minimum atomic E-state index is -0.636. The van der Waals surface area contributed by atoms with Crippen LogP contribution in [-0.4, -0.2) is 66.6 Å². The summed E-state index contributed by atoms with van der Waals surface area (Å²) in [6.45, 7) is 2.37. The first kappa shape index (κ1) is 25.2. The fourth-order valence-corrected chi connectivity index (χ4v) is 3.79. The lowest BCUT2D eigenvalue weighted by Crippen LogP contribution is -2.56. The second-order valence-corrected chi connectivity index (χ2v) is 8.23. The number of nitrogens with two attached hydrogens (primary N) is 1. The van der Waals surface area contributed by atoms with Crippen molar-refractivity contribution in [2.45, 2.75) is 25.5 Å². The van der Waals surface area contributed by atoms with Crippen LogP contribution in [0.3, 0.4) is 0 Å². The maximum absolute atomic E-state index is 12.6. The fraction of sp³-hybridized carbons (Fsp3) is 0.364. The molecule has 5 N–H and O–H groups in total. The van der Waals surface area contributed by atoms with E-state index in [1.807, 2.05) is 4.90 Å². The summed E-state index contributed by atoms with van der Waals surface area (Å²) in [7, 11) is 1.52. The van der Waals surface area contributed by atoms with Crippen molar-refractivity contribution < 1.29 is 23.9 Å². The number of hydrogen-bond donors (Lipinski definition) is 4. The number of aromatic amines is 1. The normalized spacial score (nSPS) is 18.2. The number of hydrogen-bond acceptors (Lipinski definition) is 8. The third kappa shape index (κ3) is 6.56. The number of halogens is 1. The molecule has 0 saturated carbocycles. The Labute approximate surface area is 200 Å². The van der Waals surface area contributed by atoms with E-state index < -0.39 is 23.5 Å². The Morgan fingerprint density at radius 3 is 2.62 bits per heavy atom. The first-order valence-corrected chi connectivity index (χ1v) is 10.9. The molecule has 1 aliphatic rings. The number of benzene rings is 1. The van der Waals surface area contributed by atoms with Gasteiger partial charge in [0, 0.05) is 32.8 Å². The maximum atomic E-state index is 12.6. The van der Waals surface area contributed by atoms with Crippen molar-refractivity contribution in [2.75, 3.05) is 37.8 Å². The number of esters is 1. The van der Waals surface area contributed by atoms with Crippen LogP contribution in [0.1, 0.15) is 23.7 Å². The Bertz CT molecular complexity index is 1120. The number of H-pyrrole nitrogens is 1. The second kappa shape index (κ2) is 11.1. The molecule has 1 aliphatic heterocycles. The number of aromatic nitrogens is 1. The molecule has 0 bridgehead atoms. The van der Waals surface area contributed by atoms with E-state index in [-0.39, 0.29) is 34.9 Å². The van der Waals surface area contributed by atoms with E-state index in [1.165, 1.54) is 20.1 Å². The third-order valence-corrected chi connectivity index (χ3v) is 5.61.